The second kappa shape index (κ2) is 14.1. The van der Waals surface area contributed by atoms with E-state index in [9.17, 15) is 24.0 Å². The van der Waals surface area contributed by atoms with Crippen molar-refractivity contribution in [2.75, 3.05) is 20.2 Å². The van der Waals surface area contributed by atoms with Crippen LogP contribution in [0.2, 0.25) is 0 Å². The maximum absolute atomic E-state index is 13.3. The lowest BCUT2D eigenvalue weighted by Gasteiger charge is -2.28. The lowest BCUT2D eigenvalue weighted by molar-refractivity contribution is -0.136. The van der Waals surface area contributed by atoms with Crippen LogP contribution in [0.3, 0.4) is 0 Å². The van der Waals surface area contributed by atoms with Crippen molar-refractivity contribution >= 4 is 29.4 Å². The molecule has 4 atom stereocenters. The van der Waals surface area contributed by atoms with Crippen LogP contribution in [0.5, 0.6) is 0 Å². The van der Waals surface area contributed by atoms with Gasteiger partial charge in [-0.2, -0.15) is 0 Å². The van der Waals surface area contributed by atoms with E-state index >= 15 is 0 Å². The van der Waals surface area contributed by atoms with E-state index in [1.54, 1.807) is 13.8 Å². The van der Waals surface area contributed by atoms with Crippen LogP contribution in [0.15, 0.2) is 12.2 Å². The molecule has 36 heavy (non-hydrogen) atoms. The zero-order chi connectivity index (χ0) is 27.6. The fraction of sp³-hybridized carbons (Fsp3) is 0.731. The average molecular weight is 509 g/mol. The minimum Gasteiger partial charge on any atom is -0.361 e. The van der Waals surface area contributed by atoms with Gasteiger partial charge in [0.25, 0.3) is 0 Å². The average Bonchev–Trinajstić information content (AvgIpc) is 3.53. The molecule has 4 amide bonds. The fourth-order valence-corrected chi connectivity index (χ4v) is 3.63. The second-order valence-corrected chi connectivity index (χ2v) is 10.3. The first kappa shape index (κ1) is 31.3. The molecule has 0 radical (unpaired) electrons. The Labute approximate surface area is 214 Å². The van der Waals surface area contributed by atoms with Gasteiger partial charge < -0.3 is 25.6 Å². The minimum atomic E-state index is -1.15. The number of hydrogen-bond donors (Lipinski definition) is 3. The molecule has 10 nitrogen and oxygen atoms in total. The summed E-state index contributed by atoms with van der Waals surface area (Å²) in [4.78, 5) is 64.9. The molecule has 1 aliphatic rings. The molecule has 3 N–H and O–H groups in total. The van der Waals surface area contributed by atoms with E-state index in [1.807, 2.05) is 20.8 Å². The standard InChI is InChI=1S/C26H44N4O6/c1-9-10-11-12-21(32)29-22(17(4)5)25(35)28-20(14-30(8)18(6)31)24(34)27-19(13-16(2)3)23(33)26(7)15-36-26/h16,19-20,22H,4,9-15H2,1-3,5-8H3,(H,27,34)(H,28,35)(H,29,32). The highest BCUT2D eigenvalue weighted by atomic mass is 16.6. The van der Waals surface area contributed by atoms with Gasteiger partial charge in [0, 0.05) is 26.9 Å². The van der Waals surface area contributed by atoms with Gasteiger partial charge in [-0.15, -0.1) is 0 Å². The molecule has 0 spiro atoms. The number of Topliss-reactive ketones (excluding diaryl/α,β-unsaturated/α-hetero) is 1. The molecule has 1 rings (SSSR count). The van der Waals surface area contributed by atoms with Crippen molar-refractivity contribution < 1.29 is 28.7 Å². The number of nitrogens with zero attached hydrogens (tertiary/aromatic N) is 1. The number of epoxide rings is 1. The van der Waals surface area contributed by atoms with E-state index in [4.69, 9.17) is 4.74 Å². The topological polar surface area (TPSA) is 137 Å². The summed E-state index contributed by atoms with van der Waals surface area (Å²) in [6, 6.07) is -2.99. The number of unbranched alkanes of at least 4 members (excludes halogenated alkanes) is 2. The van der Waals surface area contributed by atoms with Crippen molar-refractivity contribution in [2.45, 2.75) is 97.4 Å². The van der Waals surface area contributed by atoms with E-state index < -0.39 is 35.5 Å². The Hall–Kier alpha value is -2.75. The highest BCUT2D eigenvalue weighted by Gasteiger charge is 2.50. The van der Waals surface area contributed by atoms with Gasteiger partial charge in [-0.05, 0) is 38.2 Å². The maximum atomic E-state index is 13.3. The molecule has 10 heteroatoms. The summed E-state index contributed by atoms with van der Waals surface area (Å²) in [6.07, 6.45) is 3.24. The third kappa shape index (κ3) is 10.1. The number of amides is 4. The molecule has 204 valence electrons. The molecule has 0 aliphatic carbocycles. The van der Waals surface area contributed by atoms with Crippen molar-refractivity contribution in [3.63, 3.8) is 0 Å². The van der Waals surface area contributed by atoms with Crippen molar-refractivity contribution in [3.8, 4) is 0 Å². The van der Waals surface area contributed by atoms with Crippen molar-refractivity contribution in [1.82, 2.24) is 20.9 Å². The number of carbonyl (C=O) groups excluding carboxylic acids is 5. The summed E-state index contributed by atoms with van der Waals surface area (Å²) in [6.45, 7) is 14.5. The number of rotatable bonds is 16. The van der Waals surface area contributed by atoms with Crippen LogP contribution in [-0.4, -0.2) is 78.2 Å². The highest BCUT2D eigenvalue weighted by molar-refractivity contribution is 5.99. The van der Waals surface area contributed by atoms with Gasteiger partial charge in [0.1, 0.15) is 17.7 Å². The largest absolute Gasteiger partial charge is 0.361 e. The zero-order valence-corrected chi connectivity index (χ0v) is 22.9. The Morgan fingerprint density at radius 2 is 1.58 bits per heavy atom. The normalized spacial score (nSPS) is 19.0. The Morgan fingerprint density at radius 3 is 2.06 bits per heavy atom. The lowest BCUT2D eigenvalue weighted by atomic mass is 9.93. The first-order valence-electron chi connectivity index (χ1n) is 12.7. The van der Waals surface area contributed by atoms with E-state index in [1.165, 1.54) is 18.9 Å². The summed E-state index contributed by atoms with van der Waals surface area (Å²) in [5.74, 6) is -1.91. The Balaban J connectivity index is 3.04. The molecule has 1 saturated heterocycles. The van der Waals surface area contributed by atoms with Crippen LogP contribution in [0.4, 0.5) is 0 Å². The van der Waals surface area contributed by atoms with Crippen molar-refractivity contribution in [3.05, 3.63) is 12.2 Å². The quantitative estimate of drug-likeness (QED) is 0.164. The van der Waals surface area contributed by atoms with E-state index in [2.05, 4.69) is 22.5 Å². The van der Waals surface area contributed by atoms with Crippen molar-refractivity contribution in [1.29, 1.82) is 0 Å². The molecular formula is C26H44N4O6. The summed E-state index contributed by atoms with van der Waals surface area (Å²) >= 11 is 0. The molecule has 1 aliphatic heterocycles. The molecule has 4 unspecified atom stereocenters. The number of ketones is 1. The van der Waals surface area contributed by atoms with Gasteiger partial charge in [-0.25, -0.2) is 0 Å². The molecule has 0 aromatic heterocycles. The van der Waals surface area contributed by atoms with Gasteiger partial charge in [0.15, 0.2) is 5.78 Å². The molecule has 0 aromatic rings. The number of carbonyl (C=O) groups is 5. The summed E-state index contributed by atoms with van der Waals surface area (Å²) < 4.78 is 5.28. The summed E-state index contributed by atoms with van der Waals surface area (Å²) in [5.41, 5.74) is -0.517. The van der Waals surface area contributed by atoms with Crippen LogP contribution < -0.4 is 16.0 Å². The second-order valence-electron chi connectivity index (χ2n) is 10.3. The number of hydrogen-bond acceptors (Lipinski definition) is 6. The monoisotopic (exact) mass is 508 g/mol. The van der Waals surface area contributed by atoms with Crippen LogP contribution in [0.1, 0.15) is 73.6 Å². The van der Waals surface area contributed by atoms with Gasteiger partial charge >= 0.3 is 0 Å². The fourth-order valence-electron chi connectivity index (χ4n) is 3.63. The Morgan fingerprint density at radius 1 is 1.00 bits per heavy atom. The van der Waals surface area contributed by atoms with Crippen LogP contribution in [-0.2, 0) is 28.7 Å². The maximum Gasteiger partial charge on any atom is 0.247 e. The highest BCUT2D eigenvalue weighted by Crippen LogP contribution is 2.29. The molecular weight excluding hydrogens is 464 g/mol. The third-order valence-electron chi connectivity index (χ3n) is 6.13. The molecule has 1 fully saturated rings. The summed E-state index contributed by atoms with van der Waals surface area (Å²) in [7, 11) is 1.51. The predicted octanol–water partition coefficient (Wildman–Crippen LogP) is 1.48. The number of likely N-dealkylation sites (N-methyl/N-ethyl adjacent to an activating group) is 1. The van der Waals surface area contributed by atoms with Crippen LogP contribution in [0.25, 0.3) is 0 Å². The van der Waals surface area contributed by atoms with Crippen LogP contribution in [0, 0.1) is 5.92 Å². The van der Waals surface area contributed by atoms with E-state index in [0.717, 1.165) is 12.8 Å². The van der Waals surface area contributed by atoms with E-state index in [-0.39, 0.29) is 36.5 Å². The molecule has 0 saturated carbocycles. The molecule has 0 aromatic carbocycles. The predicted molar refractivity (Wildman–Crippen MR) is 137 cm³/mol. The first-order valence-corrected chi connectivity index (χ1v) is 12.7. The first-order chi connectivity index (χ1) is 16.7. The van der Waals surface area contributed by atoms with Gasteiger partial charge in [-0.3, -0.25) is 24.0 Å². The zero-order valence-electron chi connectivity index (χ0n) is 22.9. The lowest BCUT2D eigenvalue weighted by Crippen LogP contribution is -2.59. The van der Waals surface area contributed by atoms with Gasteiger partial charge in [-0.1, -0.05) is 40.2 Å². The van der Waals surface area contributed by atoms with Gasteiger partial charge in [0.05, 0.1) is 12.6 Å². The SMILES string of the molecule is C=C(C)C(NC(=O)CCCCC)C(=O)NC(CN(C)C(C)=O)C(=O)NC(CC(C)C)C(=O)C1(C)CO1. The molecule has 1 heterocycles. The number of ether oxygens (including phenoxy) is 1. The third-order valence-corrected chi connectivity index (χ3v) is 6.13. The van der Waals surface area contributed by atoms with E-state index in [0.29, 0.717) is 25.0 Å². The van der Waals surface area contributed by atoms with Crippen molar-refractivity contribution in [2.24, 2.45) is 5.92 Å². The molecule has 0 bridgehead atoms. The minimum absolute atomic E-state index is 0.114. The van der Waals surface area contributed by atoms with Crippen LogP contribution >= 0.6 is 0 Å². The number of nitrogens with one attached hydrogen (secondary N) is 3. The summed E-state index contributed by atoms with van der Waals surface area (Å²) in [5, 5.41) is 8.08. The Bertz CT molecular complexity index is 836. The van der Waals surface area contributed by atoms with Gasteiger partial charge in [0.2, 0.25) is 23.6 Å². The smallest absolute Gasteiger partial charge is 0.247 e. The Kier molecular flexibility index (Phi) is 12.3.